The Morgan fingerprint density at radius 2 is 1.04 bits per heavy atom. The van der Waals surface area contributed by atoms with Gasteiger partial charge in [0.15, 0.2) is 17.5 Å². The topological polar surface area (TPSA) is 56.7 Å². The monoisotopic (exact) mass is 670 g/mol. The number of thiophene rings is 1. The minimum Gasteiger partial charge on any atom is -0.456 e. The summed E-state index contributed by atoms with van der Waals surface area (Å²) >= 11 is 1.82. The molecule has 0 bridgehead atoms. The molecule has 0 radical (unpaired) electrons. The zero-order valence-electron chi connectivity index (χ0n) is 27.1. The minimum absolute atomic E-state index is 0.614. The van der Waals surface area contributed by atoms with Gasteiger partial charge in [0.05, 0.1) is 11.0 Å². The molecule has 0 fully saturated rings. The van der Waals surface area contributed by atoms with Gasteiger partial charge >= 0.3 is 0 Å². The number of nitrogens with zero attached hydrogens (tertiary/aromatic N) is 4. The fourth-order valence-corrected chi connectivity index (χ4v) is 8.70. The van der Waals surface area contributed by atoms with Gasteiger partial charge in [0.2, 0.25) is 0 Å². The zero-order chi connectivity index (χ0) is 33.5. The molecule has 6 heteroatoms. The van der Waals surface area contributed by atoms with Crippen molar-refractivity contribution in [3.63, 3.8) is 0 Å². The van der Waals surface area contributed by atoms with E-state index in [1.54, 1.807) is 0 Å². The van der Waals surface area contributed by atoms with Gasteiger partial charge in [0, 0.05) is 64.1 Å². The first-order valence-corrected chi connectivity index (χ1v) is 17.8. The first-order chi connectivity index (χ1) is 25.3. The molecule has 0 atom stereocenters. The second-order valence-corrected chi connectivity index (χ2v) is 13.9. The van der Waals surface area contributed by atoms with Gasteiger partial charge in [-0.15, -0.1) is 11.3 Å². The van der Waals surface area contributed by atoms with Gasteiger partial charge in [-0.1, -0.05) is 115 Å². The molecule has 7 aromatic carbocycles. The number of rotatable bonds is 4. The first kappa shape index (κ1) is 28.2. The van der Waals surface area contributed by atoms with Gasteiger partial charge in [0.25, 0.3) is 0 Å². The van der Waals surface area contributed by atoms with Crippen LogP contribution in [0.25, 0.3) is 104 Å². The van der Waals surface area contributed by atoms with Crippen LogP contribution in [0.3, 0.4) is 0 Å². The summed E-state index contributed by atoms with van der Waals surface area (Å²) in [6, 6.07) is 54.9. The summed E-state index contributed by atoms with van der Waals surface area (Å²) in [5, 5.41) is 6.98. The summed E-state index contributed by atoms with van der Waals surface area (Å²) in [5.74, 6) is 1.88. The normalized spacial score (nSPS) is 11.9. The molecule has 0 amide bonds. The molecule has 0 unspecified atom stereocenters. The minimum atomic E-state index is 0.614. The zero-order valence-corrected chi connectivity index (χ0v) is 27.9. The summed E-state index contributed by atoms with van der Waals surface area (Å²) in [7, 11) is 0. The Balaban J connectivity index is 1.11. The molecule has 11 rings (SSSR count). The Hall–Kier alpha value is -6.63. The van der Waals surface area contributed by atoms with E-state index in [4.69, 9.17) is 19.4 Å². The third-order valence-electron chi connectivity index (χ3n) is 9.85. The maximum Gasteiger partial charge on any atom is 0.164 e. The number of hydrogen-bond donors (Lipinski definition) is 0. The number of para-hydroxylation sites is 2. The highest BCUT2D eigenvalue weighted by molar-refractivity contribution is 7.25. The van der Waals surface area contributed by atoms with Crippen LogP contribution in [0.1, 0.15) is 0 Å². The van der Waals surface area contributed by atoms with Crippen LogP contribution >= 0.6 is 11.3 Å². The Bertz CT molecular complexity index is 3030. The molecule has 0 saturated heterocycles. The molecule has 11 aromatic rings. The third-order valence-corrected chi connectivity index (χ3v) is 11.0. The highest BCUT2D eigenvalue weighted by Gasteiger charge is 2.20. The van der Waals surface area contributed by atoms with Gasteiger partial charge < -0.3 is 8.98 Å². The number of furan rings is 1. The number of hydrogen-bond acceptors (Lipinski definition) is 5. The summed E-state index contributed by atoms with van der Waals surface area (Å²) < 4.78 is 11.4. The SMILES string of the molecule is c1ccc(-c2nc(-c3ccccc3)nc(-c3cccc4oc5cc6c(cc5c34)sc3cc(-n4c5ccccc5c5ccccc54)ccc36)n2)cc1. The molecule has 0 aliphatic carbocycles. The van der Waals surface area contributed by atoms with Crippen molar-refractivity contribution in [3.05, 3.63) is 158 Å². The van der Waals surface area contributed by atoms with Crippen LogP contribution in [0.15, 0.2) is 162 Å². The van der Waals surface area contributed by atoms with E-state index in [1.165, 1.54) is 42.0 Å². The Labute approximate surface area is 295 Å². The molecule has 0 spiro atoms. The quantitative estimate of drug-likeness (QED) is 0.187. The molecule has 0 saturated carbocycles. The maximum atomic E-state index is 6.58. The van der Waals surface area contributed by atoms with Crippen molar-refractivity contribution >= 4 is 75.3 Å². The van der Waals surface area contributed by atoms with E-state index in [0.29, 0.717) is 17.5 Å². The van der Waals surface area contributed by atoms with Crippen molar-refractivity contribution in [1.82, 2.24) is 19.5 Å². The summed E-state index contributed by atoms with van der Waals surface area (Å²) in [6.45, 7) is 0. The van der Waals surface area contributed by atoms with E-state index in [-0.39, 0.29) is 0 Å². The first-order valence-electron chi connectivity index (χ1n) is 16.9. The van der Waals surface area contributed by atoms with Crippen LogP contribution in [0, 0.1) is 0 Å². The predicted molar refractivity (Wildman–Crippen MR) is 211 cm³/mol. The largest absolute Gasteiger partial charge is 0.456 e. The molecule has 51 heavy (non-hydrogen) atoms. The highest BCUT2D eigenvalue weighted by atomic mass is 32.1. The van der Waals surface area contributed by atoms with E-state index in [0.717, 1.165) is 44.3 Å². The summed E-state index contributed by atoms with van der Waals surface area (Å²) in [6.07, 6.45) is 0. The van der Waals surface area contributed by atoms with Crippen LogP contribution in [0.4, 0.5) is 0 Å². The van der Waals surface area contributed by atoms with Crippen LogP contribution in [0.5, 0.6) is 0 Å². The van der Waals surface area contributed by atoms with Gasteiger partial charge in [-0.25, -0.2) is 15.0 Å². The van der Waals surface area contributed by atoms with Crippen molar-refractivity contribution in [1.29, 1.82) is 0 Å². The van der Waals surface area contributed by atoms with Gasteiger partial charge in [-0.2, -0.15) is 0 Å². The average molecular weight is 671 g/mol. The molecule has 4 heterocycles. The molecule has 238 valence electrons. The lowest BCUT2D eigenvalue weighted by atomic mass is 10.0. The molecular formula is C45H26N4OS. The Morgan fingerprint density at radius 3 is 1.73 bits per heavy atom. The van der Waals surface area contributed by atoms with Crippen molar-refractivity contribution < 1.29 is 4.42 Å². The Kier molecular flexibility index (Phi) is 6.05. The maximum absolute atomic E-state index is 6.58. The summed E-state index contributed by atoms with van der Waals surface area (Å²) in [4.78, 5) is 15.0. The number of fused-ring (bicyclic) bond motifs is 9. The highest BCUT2D eigenvalue weighted by Crippen LogP contribution is 2.43. The molecule has 0 aliphatic rings. The van der Waals surface area contributed by atoms with Gasteiger partial charge in [0.1, 0.15) is 11.2 Å². The fourth-order valence-electron chi connectivity index (χ4n) is 7.54. The van der Waals surface area contributed by atoms with Gasteiger partial charge in [-0.05, 0) is 42.5 Å². The lowest BCUT2D eigenvalue weighted by Gasteiger charge is -2.09. The third kappa shape index (κ3) is 4.37. The van der Waals surface area contributed by atoms with E-state index in [9.17, 15) is 0 Å². The van der Waals surface area contributed by atoms with E-state index >= 15 is 0 Å². The van der Waals surface area contributed by atoms with E-state index < -0.39 is 0 Å². The lowest BCUT2D eigenvalue weighted by molar-refractivity contribution is 0.669. The molecule has 5 nitrogen and oxygen atoms in total. The van der Waals surface area contributed by atoms with Crippen molar-refractivity contribution in [2.45, 2.75) is 0 Å². The van der Waals surface area contributed by atoms with Gasteiger partial charge in [-0.3, -0.25) is 0 Å². The van der Waals surface area contributed by atoms with Crippen molar-refractivity contribution in [2.75, 3.05) is 0 Å². The van der Waals surface area contributed by atoms with E-state index in [2.05, 4.69) is 89.5 Å². The second-order valence-electron chi connectivity index (χ2n) is 12.8. The second kappa shape index (κ2) is 10.9. The van der Waals surface area contributed by atoms with Crippen LogP contribution in [-0.2, 0) is 0 Å². The predicted octanol–water partition coefficient (Wildman–Crippen LogP) is 12.2. The standard InChI is InChI=1S/C45H26N4OS/c1-3-12-27(13-4-1)43-46-44(28-14-5-2-6-15-28)48-45(47-43)33-18-11-21-38-42(33)35-26-41-34(25-39(35)50-38)32-23-22-29(24-40(32)51-41)49-36-19-9-7-16-30(36)31-17-8-10-20-37(31)49/h1-26H. The number of aromatic nitrogens is 4. The smallest absolute Gasteiger partial charge is 0.164 e. The average Bonchev–Trinajstić information content (AvgIpc) is 3.86. The van der Waals surface area contributed by atoms with Crippen LogP contribution < -0.4 is 0 Å². The molecule has 0 N–H and O–H groups in total. The van der Waals surface area contributed by atoms with Crippen LogP contribution in [-0.4, -0.2) is 19.5 Å². The van der Waals surface area contributed by atoms with Crippen LogP contribution in [0.2, 0.25) is 0 Å². The number of benzene rings is 7. The fraction of sp³-hybridized carbons (Fsp3) is 0. The Morgan fingerprint density at radius 1 is 0.431 bits per heavy atom. The lowest BCUT2D eigenvalue weighted by Crippen LogP contribution is -2.00. The van der Waals surface area contributed by atoms with Crippen molar-refractivity contribution in [2.24, 2.45) is 0 Å². The van der Waals surface area contributed by atoms with Crippen molar-refractivity contribution in [3.8, 4) is 39.9 Å². The molecular weight excluding hydrogens is 645 g/mol. The molecule has 0 aliphatic heterocycles. The van der Waals surface area contributed by atoms with E-state index in [1.807, 2.05) is 84.1 Å². The molecule has 4 aromatic heterocycles. The summed E-state index contributed by atoms with van der Waals surface area (Å²) in [5.41, 5.74) is 8.01.